The molecule has 0 spiro atoms. The van der Waals surface area contributed by atoms with Crippen molar-refractivity contribution in [3.05, 3.63) is 35.4 Å². The van der Waals surface area contributed by atoms with Gasteiger partial charge in [-0.2, -0.15) is 5.26 Å². The molecule has 1 amide bonds. The molecule has 0 aromatic heterocycles. The highest BCUT2D eigenvalue weighted by Crippen LogP contribution is 2.28. The molecule has 1 aliphatic rings. The Bertz CT molecular complexity index is 503. The Morgan fingerprint density at radius 3 is 2.60 bits per heavy atom. The van der Waals surface area contributed by atoms with E-state index in [4.69, 9.17) is 11.0 Å². The first-order valence-corrected chi connectivity index (χ1v) is 7.14. The Labute approximate surface area is 120 Å². The zero-order chi connectivity index (χ0) is 14.5. The van der Waals surface area contributed by atoms with Crippen molar-refractivity contribution < 1.29 is 4.79 Å². The molecule has 2 unspecified atom stereocenters. The summed E-state index contributed by atoms with van der Waals surface area (Å²) in [6.45, 7) is 0.635. The lowest BCUT2D eigenvalue weighted by Crippen LogP contribution is -2.45. The quantitative estimate of drug-likeness (QED) is 0.915. The predicted molar refractivity (Wildman–Crippen MR) is 78.1 cm³/mol. The van der Waals surface area contributed by atoms with E-state index in [0.717, 1.165) is 19.3 Å². The fraction of sp³-hybridized carbons (Fsp3) is 0.500. The van der Waals surface area contributed by atoms with Gasteiger partial charge in [-0.25, -0.2) is 0 Å². The lowest BCUT2D eigenvalue weighted by molar-refractivity contribution is 0.0620. The van der Waals surface area contributed by atoms with Crippen LogP contribution in [0, 0.1) is 17.2 Å². The lowest BCUT2D eigenvalue weighted by atomic mass is 9.83. The molecule has 1 fully saturated rings. The fourth-order valence-electron chi connectivity index (χ4n) is 3.01. The summed E-state index contributed by atoms with van der Waals surface area (Å²) in [6, 6.07) is 9.10. The molecule has 0 heterocycles. The van der Waals surface area contributed by atoms with Gasteiger partial charge in [0.05, 0.1) is 11.6 Å². The third-order valence-electron chi connectivity index (χ3n) is 4.25. The molecule has 1 aromatic rings. The fourth-order valence-corrected chi connectivity index (χ4v) is 3.01. The maximum atomic E-state index is 12.5. The van der Waals surface area contributed by atoms with Crippen LogP contribution in [-0.4, -0.2) is 30.4 Å². The summed E-state index contributed by atoms with van der Waals surface area (Å²) in [5.41, 5.74) is 7.04. The maximum Gasteiger partial charge on any atom is 0.253 e. The third kappa shape index (κ3) is 3.00. The van der Waals surface area contributed by atoms with Crippen LogP contribution in [0.15, 0.2) is 24.3 Å². The van der Waals surface area contributed by atoms with Crippen molar-refractivity contribution in [2.24, 2.45) is 11.7 Å². The van der Waals surface area contributed by atoms with Crippen LogP contribution in [-0.2, 0) is 0 Å². The van der Waals surface area contributed by atoms with Crippen LogP contribution in [0.25, 0.3) is 0 Å². The first kappa shape index (κ1) is 14.5. The van der Waals surface area contributed by atoms with Crippen LogP contribution in [0.2, 0.25) is 0 Å². The van der Waals surface area contributed by atoms with E-state index in [1.165, 1.54) is 6.42 Å². The number of hydrogen-bond acceptors (Lipinski definition) is 3. The molecule has 1 aliphatic carbocycles. The summed E-state index contributed by atoms with van der Waals surface area (Å²) in [5.74, 6) is 0.413. The molecule has 20 heavy (non-hydrogen) atoms. The van der Waals surface area contributed by atoms with E-state index in [9.17, 15) is 4.79 Å². The summed E-state index contributed by atoms with van der Waals surface area (Å²) >= 11 is 0. The molecule has 1 aromatic carbocycles. The number of carbonyl (C=O) groups excluding carboxylic acids is 1. The van der Waals surface area contributed by atoms with Crippen molar-refractivity contribution >= 4 is 5.91 Å². The number of benzene rings is 1. The molecule has 0 radical (unpaired) electrons. The smallest absolute Gasteiger partial charge is 0.253 e. The Morgan fingerprint density at radius 1 is 1.35 bits per heavy atom. The molecular weight excluding hydrogens is 250 g/mol. The zero-order valence-corrected chi connectivity index (χ0v) is 11.9. The van der Waals surface area contributed by atoms with Crippen LogP contribution in [0.3, 0.4) is 0 Å². The summed E-state index contributed by atoms with van der Waals surface area (Å²) in [7, 11) is 1.86. The van der Waals surface area contributed by atoms with E-state index in [1.807, 2.05) is 11.9 Å². The molecule has 0 aliphatic heterocycles. The number of nitrogens with zero attached hydrogens (tertiary/aromatic N) is 2. The second-order valence-corrected chi connectivity index (χ2v) is 5.45. The van der Waals surface area contributed by atoms with Crippen molar-refractivity contribution in [1.82, 2.24) is 4.90 Å². The van der Waals surface area contributed by atoms with Crippen molar-refractivity contribution in [3.63, 3.8) is 0 Å². The zero-order valence-electron chi connectivity index (χ0n) is 11.9. The highest BCUT2D eigenvalue weighted by atomic mass is 16.2. The normalized spacial score (nSPS) is 22.1. The van der Waals surface area contributed by atoms with Gasteiger partial charge >= 0.3 is 0 Å². The standard InChI is InChI=1S/C16H21N3O/c1-19(15-5-3-2-4-14(15)11-18)16(20)13-8-6-12(10-17)7-9-13/h6-9,14-15H,2-5,11,18H2,1H3. The number of nitriles is 1. The van der Waals surface area contributed by atoms with Gasteiger partial charge in [0.1, 0.15) is 0 Å². The Morgan fingerprint density at radius 2 is 2.00 bits per heavy atom. The molecule has 2 atom stereocenters. The van der Waals surface area contributed by atoms with Crippen molar-refractivity contribution in [2.45, 2.75) is 31.7 Å². The Hall–Kier alpha value is -1.86. The summed E-state index contributed by atoms with van der Waals surface area (Å²) in [6.07, 6.45) is 4.50. The first-order chi connectivity index (χ1) is 9.67. The van der Waals surface area contributed by atoms with Crippen molar-refractivity contribution in [2.75, 3.05) is 13.6 Å². The molecule has 0 saturated heterocycles. The van der Waals surface area contributed by atoms with Gasteiger partial charge in [0.2, 0.25) is 0 Å². The van der Waals surface area contributed by atoms with Gasteiger partial charge < -0.3 is 10.6 Å². The summed E-state index contributed by atoms with van der Waals surface area (Å²) in [5, 5.41) is 8.79. The van der Waals surface area contributed by atoms with E-state index in [0.29, 0.717) is 23.6 Å². The lowest BCUT2D eigenvalue weighted by Gasteiger charge is -2.37. The van der Waals surface area contributed by atoms with Gasteiger partial charge in [0, 0.05) is 18.7 Å². The van der Waals surface area contributed by atoms with Gasteiger partial charge in [-0.1, -0.05) is 12.8 Å². The molecule has 4 nitrogen and oxygen atoms in total. The molecule has 1 saturated carbocycles. The third-order valence-corrected chi connectivity index (χ3v) is 4.25. The number of nitrogens with two attached hydrogens (primary N) is 1. The average molecular weight is 271 g/mol. The van der Waals surface area contributed by atoms with Gasteiger partial charge in [0.15, 0.2) is 0 Å². The van der Waals surface area contributed by atoms with Crippen LogP contribution >= 0.6 is 0 Å². The van der Waals surface area contributed by atoms with E-state index >= 15 is 0 Å². The van der Waals surface area contributed by atoms with Crippen LogP contribution in [0.4, 0.5) is 0 Å². The van der Waals surface area contributed by atoms with E-state index < -0.39 is 0 Å². The van der Waals surface area contributed by atoms with Crippen LogP contribution in [0.5, 0.6) is 0 Å². The number of amides is 1. The Kier molecular flexibility index (Phi) is 4.75. The van der Waals surface area contributed by atoms with Crippen LogP contribution < -0.4 is 5.73 Å². The Balaban J connectivity index is 2.12. The van der Waals surface area contributed by atoms with E-state index in [2.05, 4.69) is 6.07 Å². The van der Waals surface area contributed by atoms with Gasteiger partial charge in [0.25, 0.3) is 5.91 Å². The number of rotatable bonds is 3. The van der Waals surface area contributed by atoms with E-state index in [-0.39, 0.29) is 11.9 Å². The second kappa shape index (κ2) is 6.53. The average Bonchev–Trinajstić information content (AvgIpc) is 2.53. The van der Waals surface area contributed by atoms with Crippen LogP contribution in [0.1, 0.15) is 41.6 Å². The van der Waals surface area contributed by atoms with Crippen molar-refractivity contribution in [1.29, 1.82) is 5.26 Å². The molecule has 106 valence electrons. The van der Waals surface area contributed by atoms with Gasteiger partial charge in [-0.05, 0) is 49.6 Å². The molecular formula is C16H21N3O. The summed E-state index contributed by atoms with van der Waals surface area (Å²) in [4.78, 5) is 14.3. The number of hydrogen-bond donors (Lipinski definition) is 1. The first-order valence-electron chi connectivity index (χ1n) is 7.14. The topological polar surface area (TPSA) is 70.1 Å². The highest BCUT2D eigenvalue weighted by Gasteiger charge is 2.30. The van der Waals surface area contributed by atoms with Gasteiger partial charge in [-0.15, -0.1) is 0 Å². The molecule has 2 N–H and O–H groups in total. The minimum atomic E-state index is 0.0137. The SMILES string of the molecule is CN(C(=O)c1ccc(C#N)cc1)C1CCCCC1CN. The van der Waals surface area contributed by atoms with E-state index in [1.54, 1.807) is 24.3 Å². The van der Waals surface area contributed by atoms with Gasteiger partial charge in [-0.3, -0.25) is 4.79 Å². The number of carbonyl (C=O) groups is 1. The monoisotopic (exact) mass is 271 g/mol. The highest BCUT2D eigenvalue weighted by molar-refractivity contribution is 5.94. The minimum absolute atomic E-state index is 0.0137. The maximum absolute atomic E-state index is 12.5. The summed E-state index contributed by atoms with van der Waals surface area (Å²) < 4.78 is 0. The predicted octanol–water partition coefficient (Wildman–Crippen LogP) is 2.15. The van der Waals surface area contributed by atoms with Crippen molar-refractivity contribution in [3.8, 4) is 6.07 Å². The molecule has 0 bridgehead atoms. The molecule has 4 heteroatoms. The second-order valence-electron chi connectivity index (χ2n) is 5.45. The largest absolute Gasteiger partial charge is 0.338 e. The molecule has 2 rings (SSSR count). The minimum Gasteiger partial charge on any atom is -0.338 e.